The first-order chi connectivity index (χ1) is 8.34. The van der Waals surface area contributed by atoms with E-state index in [1.165, 1.54) is 4.31 Å². The molecule has 0 atom stereocenters. The Balaban J connectivity index is 3.34. The Morgan fingerprint density at radius 3 is 2.33 bits per heavy atom. The molecule has 0 fully saturated rings. The number of carboxylic acid groups (broad SMARTS) is 1. The Labute approximate surface area is 106 Å². The molecule has 0 bridgehead atoms. The van der Waals surface area contributed by atoms with Crippen LogP contribution in [0, 0.1) is 0 Å². The molecule has 0 spiro atoms. The van der Waals surface area contributed by atoms with Crippen LogP contribution in [-0.4, -0.2) is 36.9 Å². The predicted molar refractivity (Wildman–Crippen MR) is 63.0 cm³/mol. The highest BCUT2D eigenvalue weighted by atomic mass is 32.2. The van der Waals surface area contributed by atoms with Gasteiger partial charge in [-0.1, -0.05) is 25.7 Å². The molecular weight excluding hydrogens is 258 g/mol. The minimum atomic E-state index is -3.74. The molecule has 6 nitrogen and oxygen atoms in total. The summed E-state index contributed by atoms with van der Waals surface area (Å²) >= 11 is 0. The molecule has 0 amide bonds. The first-order valence-electron chi connectivity index (χ1n) is 5.39. The summed E-state index contributed by atoms with van der Waals surface area (Å²) in [5.41, 5.74) is -0.539. The highest BCUT2D eigenvalue weighted by Gasteiger charge is 2.22. The molecule has 0 unspecified atom stereocenters. The summed E-state index contributed by atoms with van der Waals surface area (Å²) in [7, 11) is -3.74. The van der Waals surface area contributed by atoms with Crippen molar-refractivity contribution in [2.75, 3.05) is 13.1 Å². The second-order valence-electron chi connectivity index (χ2n) is 3.55. The Morgan fingerprint density at radius 2 is 1.89 bits per heavy atom. The Hall–Kier alpha value is -1.60. The average Bonchev–Trinajstić information content (AvgIpc) is 2.30. The van der Waals surface area contributed by atoms with Gasteiger partial charge in [-0.3, -0.25) is 0 Å². The molecule has 0 aromatic heterocycles. The van der Waals surface area contributed by atoms with Gasteiger partial charge in [0.05, 0.1) is 10.5 Å². The summed E-state index contributed by atoms with van der Waals surface area (Å²) in [6.45, 7) is 3.92. The molecule has 1 rings (SSSR count). The zero-order valence-corrected chi connectivity index (χ0v) is 10.9. The average molecular weight is 272 g/mol. The minimum Gasteiger partial charge on any atom is -0.872 e. The summed E-state index contributed by atoms with van der Waals surface area (Å²) < 4.78 is 25.4. The van der Waals surface area contributed by atoms with Crippen molar-refractivity contribution >= 4 is 16.0 Å². The van der Waals surface area contributed by atoms with Crippen LogP contribution in [0.3, 0.4) is 0 Å². The first kappa shape index (κ1) is 14.5. The molecular formula is C11H14NO5S-. The molecule has 0 heterocycles. The number of hydrogen-bond donors (Lipinski definition) is 1. The van der Waals surface area contributed by atoms with E-state index >= 15 is 0 Å². The summed E-state index contributed by atoms with van der Waals surface area (Å²) in [6, 6.07) is 2.99. The Kier molecular flexibility index (Phi) is 4.31. The number of sulfonamides is 1. The molecule has 100 valence electrons. The maximum Gasteiger partial charge on any atom is 0.335 e. The van der Waals surface area contributed by atoms with Gasteiger partial charge in [-0.25, -0.2) is 13.2 Å². The molecule has 18 heavy (non-hydrogen) atoms. The number of carbonyl (C=O) groups is 1. The van der Waals surface area contributed by atoms with Crippen LogP contribution in [0.5, 0.6) is 5.75 Å². The van der Waals surface area contributed by atoms with Crippen molar-refractivity contribution in [2.45, 2.75) is 18.7 Å². The molecule has 0 saturated heterocycles. The van der Waals surface area contributed by atoms with Crippen LogP contribution in [0.15, 0.2) is 23.1 Å². The zero-order chi connectivity index (χ0) is 13.9. The molecule has 1 aromatic rings. The molecule has 0 saturated carbocycles. The summed E-state index contributed by atoms with van der Waals surface area (Å²) in [4.78, 5) is 10.6. The summed E-state index contributed by atoms with van der Waals surface area (Å²) in [5, 5.41) is 20.1. The van der Waals surface area contributed by atoms with E-state index in [2.05, 4.69) is 0 Å². The van der Waals surface area contributed by atoms with E-state index in [1.807, 2.05) is 0 Å². The SMILES string of the molecule is CCN(CC)S(=O)(=O)c1ccc([O-])c(C(=O)O)c1. The fourth-order valence-corrected chi connectivity index (χ4v) is 3.03. The lowest BCUT2D eigenvalue weighted by Crippen LogP contribution is -2.30. The van der Waals surface area contributed by atoms with Gasteiger partial charge in [0, 0.05) is 13.1 Å². The topological polar surface area (TPSA) is 97.7 Å². The van der Waals surface area contributed by atoms with E-state index in [-0.39, 0.29) is 18.0 Å². The zero-order valence-electron chi connectivity index (χ0n) is 10.1. The van der Waals surface area contributed by atoms with E-state index in [0.29, 0.717) is 0 Å². The van der Waals surface area contributed by atoms with Crippen molar-refractivity contribution in [3.8, 4) is 5.75 Å². The lowest BCUT2D eigenvalue weighted by atomic mass is 10.2. The number of carboxylic acids is 1. The lowest BCUT2D eigenvalue weighted by Gasteiger charge is -2.19. The predicted octanol–water partition coefficient (Wildman–Crippen LogP) is 0.489. The van der Waals surface area contributed by atoms with Gasteiger partial charge in [-0.2, -0.15) is 4.31 Å². The lowest BCUT2D eigenvalue weighted by molar-refractivity contribution is -0.268. The molecule has 0 aliphatic carbocycles. The van der Waals surface area contributed by atoms with Crippen molar-refractivity contribution in [3.63, 3.8) is 0 Å². The molecule has 0 radical (unpaired) electrons. The minimum absolute atomic E-state index is 0.178. The number of hydrogen-bond acceptors (Lipinski definition) is 4. The van der Waals surface area contributed by atoms with Gasteiger partial charge in [-0.15, -0.1) is 0 Å². The maximum absolute atomic E-state index is 12.1. The van der Waals surface area contributed by atoms with E-state index in [4.69, 9.17) is 5.11 Å². The Morgan fingerprint density at radius 1 is 1.33 bits per heavy atom. The maximum atomic E-state index is 12.1. The van der Waals surface area contributed by atoms with Crippen LogP contribution in [0.1, 0.15) is 24.2 Å². The van der Waals surface area contributed by atoms with Crippen molar-refractivity contribution in [1.29, 1.82) is 0 Å². The standard InChI is InChI=1S/C11H15NO5S/c1-3-12(4-2)18(16,17)8-5-6-10(13)9(7-8)11(14)15/h5-7,13H,3-4H2,1-2H3,(H,14,15)/p-1. The second-order valence-corrected chi connectivity index (χ2v) is 5.49. The number of aromatic carboxylic acids is 1. The fourth-order valence-electron chi connectivity index (χ4n) is 1.55. The molecule has 7 heteroatoms. The molecule has 1 N–H and O–H groups in total. The third-order valence-corrected chi connectivity index (χ3v) is 4.57. The third kappa shape index (κ3) is 2.62. The van der Waals surface area contributed by atoms with Crippen LogP contribution in [0.2, 0.25) is 0 Å². The van der Waals surface area contributed by atoms with Crippen LogP contribution in [0.25, 0.3) is 0 Å². The van der Waals surface area contributed by atoms with Crippen molar-refractivity contribution in [2.24, 2.45) is 0 Å². The Bertz CT molecular complexity index is 549. The van der Waals surface area contributed by atoms with Gasteiger partial charge in [0.25, 0.3) is 0 Å². The third-order valence-electron chi connectivity index (χ3n) is 2.52. The summed E-state index contributed by atoms with van der Waals surface area (Å²) in [6.07, 6.45) is 0. The van der Waals surface area contributed by atoms with Crippen molar-refractivity contribution in [3.05, 3.63) is 23.8 Å². The van der Waals surface area contributed by atoms with Crippen molar-refractivity contribution in [1.82, 2.24) is 4.31 Å². The van der Waals surface area contributed by atoms with Gasteiger partial charge in [0.15, 0.2) is 0 Å². The van der Waals surface area contributed by atoms with Gasteiger partial charge in [0.1, 0.15) is 0 Å². The first-order valence-corrected chi connectivity index (χ1v) is 6.83. The summed E-state index contributed by atoms with van der Waals surface area (Å²) in [5.74, 6) is -2.14. The smallest absolute Gasteiger partial charge is 0.335 e. The van der Waals surface area contributed by atoms with Gasteiger partial charge < -0.3 is 10.2 Å². The van der Waals surface area contributed by atoms with Crippen LogP contribution in [-0.2, 0) is 10.0 Å². The quantitative estimate of drug-likeness (QED) is 0.841. The number of rotatable bonds is 5. The van der Waals surface area contributed by atoms with Gasteiger partial charge in [-0.05, 0) is 12.1 Å². The molecule has 1 aromatic carbocycles. The second kappa shape index (κ2) is 5.36. The van der Waals surface area contributed by atoms with Gasteiger partial charge in [0.2, 0.25) is 10.0 Å². The van der Waals surface area contributed by atoms with Gasteiger partial charge >= 0.3 is 5.97 Å². The van der Waals surface area contributed by atoms with Crippen LogP contribution >= 0.6 is 0 Å². The van der Waals surface area contributed by atoms with Crippen LogP contribution < -0.4 is 5.11 Å². The van der Waals surface area contributed by atoms with E-state index < -0.39 is 27.3 Å². The monoisotopic (exact) mass is 272 g/mol. The van der Waals surface area contributed by atoms with E-state index in [1.54, 1.807) is 13.8 Å². The number of nitrogens with zero attached hydrogens (tertiary/aromatic N) is 1. The van der Waals surface area contributed by atoms with E-state index in [0.717, 1.165) is 18.2 Å². The molecule has 0 aliphatic heterocycles. The fraction of sp³-hybridized carbons (Fsp3) is 0.364. The highest BCUT2D eigenvalue weighted by Crippen LogP contribution is 2.21. The highest BCUT2D eigenvalue weighted by molar-refractivity contribution is 7.89. The number of benzene rings is 1. The van der Waals surface area contributed by atoms with Crippen LogP contribution in [0.4, 0.5) is 0 Å². The van der Waals surface area contributed by atoms with E-state index in [9.17, 15) is 18.3 Å². The van der Waals surface area contributed by atoms with Crippen molar-refractivity contribution < 1.29 is 23.4 Å². The molecule has 0 aliphatic rings. The largest absolute Gasteiger partial charge is 0.872 e. The normalized spacial score (nSPS) is 11.7.